The molecule has 1 saturated heterocycles. The molecule has 0 spiro atoms. The van der Waals surface area contributed by atoms with E-state index in [1.807, 2.05) is 24.5 Å². The Balaban J connectivity index is 1.20. The summed E-state index contributed by atoms with van der Waals surface area (Å²) in [7, 11) is -2.99. The number of aliphatic imine (C=N–C) groups is 1. The van der Waals surface area contributed by atoms with E-state index >= 15 is 0 Å². The normalized spacial score (nSPS) is 17.8. The van der Waals surface area contributed by atoms with Crippen molar-refractivity contribution in [2.45, 2.75) is 52.1 Å². The molecule has 9 nitrogen and oxygen atoms in total. The number of hydrogen-bond donors (Lipinski definition) is 2. The summed E-state index contributed by atoms with van der Waals surface area (Å²) in [5, 5.41) is 2.45. The lowest BCUT2D eigenvalue weighted by atomic mass is 10.0. The first-order valence-corrected chi connectivity index (χ1v) is 15.0. The summed E-state index contributed by atoms with van der Waals surface area (Å²) in [6, 6.07) is 2.05. The van der Waals surface area contributed by atoms with Crippen LogP contribution in [0.3, 0.4) is 0 Å². The van der Waals surface area contributed by atoms with Crippen LogP contribution < -0.4 is 9.64 Å². The molecular weight excluding hydrogens is 508 g/mol. The number of aromatic nitrogens is 4. The van der Waals surface area contributed by atoms with Crippen molar-refractivity contribution in [1.82, 2.24) is 19.9 Å². The van der Waals surface area contributed by atoms with Gasteiger partial charge in [-0.1, -0.05) is 36.8 Å². The number of fused-ring (bicyclic) bond motifs is 1. The highest BCUT2D eigenvalue weighted by molar-refractivity contribution is 8.39. The summed E-state index contributed by atoms with van der Waals surface area (Å²) in [5.74, 6) is 0.784. The van der Waals surface area contributed by atoms with Crippen LogP contribution in [0, 0.1) is 0 Å². The van der Waals surface area contributed by atoms with E-state index in [1.165, 1.54) is 22.3 Å². The summed E-state index contributed by atoms with van der Waals surface area (Å²) in [6.07, 6.45) is 13.6. The Morgan fingerprint density at radius 1 is 1.16 bits per heavy atom. The van der Waals surface area contributed by atoms with E-state index in [1.54, 1.807) is 19.2 Å². The molecule has 196 valence electrons. The van der Waals surface area contributed by atoms with Gasteiger partial charge in [0, 0.05) is 56.4 Å². The first-order chi connectivity index (χ1) is 17.9. The maximum Gasteiger partial charge on any atom is 0.276 e. The molecule has 0 radical (unpaired) electrons. The predicted octanol–water partition coefficient (Wildman–Crippen LogP) is 5.95. The number of allylic oxidation sites excluding steroid dienone is 2. The van der Waals surface area contributed by atoms with Crippen LogP contribution in [0.4, 0.5) is 5.95 Å². The number of ether oxygens (including phenoxy) is 1. The number of pyridine rings is 1. The minimum absolute atomic E-state index is 0.0901. The van der Waals surface area contributed by atoms with Gasteiger partial charge in [-0.15, -0.1) is 10.6 Å². The SMILES string of the molecule is CC=CS(O)(O)C1=NCC=C(c2cnc3nc(OC4CCN(c5ncc(CCC)cn5)CC4)sc3c2)C1. The van der Waals surface area contributed by atoms with Gasteiger partial charge in [-0.3, -0.25) is 14.1 Å². The molecule has 0 bridgehead atoms. The Labute approximate surface area is 222 Å². The number of piperidine rings is 1. The van der Waals surface area contributed by atoms with Gasteiger partial charge < -0.3 is 9.64 Å². The average molecular weight is 541 g/mol. The number of anilines is 1. The number of thiazole rings is 1. The van der Waals surface area contributed by atoms with Crippen molar-refractivity contribution in [1.29, 1.82) is 0 Å². The molecule has 11 heteroatoms. The maximum absolute atomic E-state index is 10.4. The number of hydrogen-bond acceptors (Lipinski definition) is 10. The second kappa shape index (κ2) is 11.3. The summed E-state index contributed by atoms with van der Waals surface area (Å²) < 4.78 is 28.0. The third-order valence-electron chi connectivity index (χ3n) is 6.44. The quantitative estimate of drug-likeness (QED) is 0.377. The Morgan fingerprint density at radius 2 is 1.95 bits per heavy atom. The lowest BCUT2D eigenvalue weighted by Crippen LogP contribution is -2.39. The number of rotatable bonds is 7. The fraction of sp³-hybridized carbons (Fsp3) is 0.423. The van der Waals surface area contributed by atoms with Gasteiger partial charge in [0.15, 0.2) is 5.65 Å². The van der Waals surface area contributed by atoms with Gasteiger partial charge >= 0.3 is 0 Å². The monoisotopic (exact) mass is 540 g/mol. The van der Waals surface area contributed by atoms with Crippen molar-refractivity contribution in [3.05, 3.63) is 53.3 Å². The lowest BCUT2D eigenvalue weighted by molar-refractivity contribution is 0.170. The first kappa shape index (κ1) is 25.8. The predicted molar refractivity (Wildman–Crippen MR) is 152 cm³/mol. The molecule has 0 amide bonds. The van der Waals surface area contributed by atoms with Gasteiger partial charge in [0.25, 0.3) is 5.19 Å². The van der Waals surface area contributed by atoms with Crippen LogP contribution in [-0.2, 0) is 6.42 Å². The van der Waals surface area contributed by atoms with Crippen LogP contribution in [0.1, 0.15) is 50.7 Å². The number of nitrogens with zero attached hydrogens (tertiary/aromatic N) is 6. The van der Waals surface area contributed by atoms with Crippen molar-refractivity contribution in [3.8, 4) is 5.19 Å². The topological polar surface area (TPSA) is 117 Å². The van der Waals surface area contributed by atoms with E-state index < -0.39 is 10.6 Å². The summed E-state index contributed by atoms with van der Waals surface area (Å²) in [6.45, 7) is 6.02. The van der Waals surface area contributed by atoms with E-state index in [4.69, 9.17) is 4.74 Å². The Kier molecular flexibility index (Phi) is 7.84. The van der Waals surface area contributed by atoms with Gasteiger partial charge in [0.1, 0.15) is 11.1 Å². The van der Waals surface area contributed by atoms with Gasteiger partial charge in [-0.05, 0) is 36.1 Å². The highest BCUT2D eigenvalue weighted by Crippen LogP contribution is 2.46. The van der Waals surface area contributed by atoms with Crippen LogP contribution in [0.25, 0.3) is 15.9 Å². The summed E-state index contributed by atoms with van der Waals surface area (Å²) >= 11 is 1.49. The second-order valence-electron chi connectivity index (χ2n) is 9.17. The zero-order chi connectivity index (χ0) is 25.8. The van der Waals surface area contributed by atoms with Crippen LogP contribution in [0.2, 0.25) is 0 Å². The highest BCUT2D eigenvalue weighted by atomic mass is 32.3. The fourth-order valence-corrected chi connectivity index (χ4v) is 6.56. The van der Waals surface area contributed by atoms with Crippen molar-refractivity contribution in [2.24, 2.45) is 4.99 Å². The molecule has 3 aromatic heterocycles. The van der Waals surface area contributed by atoms with E-state index in [-0.39, 0.29) is 6.10 Å². The molecular formula is C26H32N6O3S2. The first-order valence-electron chi connectivity index (χ1n) is 12.6. The van der Waals surface area contributed by atoms with E-state index in [9.17, 15) is 9.11 Å². The van der Waals surface area contributed by atoms with Crippen molar-refractivity contribution < 1.29 is 13.8 Å². The molecule has 5 rings (SSSR count). The summed E-state index contributed by atoms with van der Waals surface area (Å²) in [4.78, 5) is 24.8. The van der Waals surface area contributed by atoms with E-state index in [0.29, 0.717) is 28.9 Å². The van der Waals surface area contributed by atoms with Gasteiger partial charge in [-0.25, -0.2) is 15.0 Å². The molecule has 0 aromatic carbocycles. The zero-order valence-corrected chi connectivity index (χ0v) is 22.7. The molecule has 2 aliphatic rings. The van der Waals surface area contributed by atoms with Crippen LogP contribution in [-0.4, -0.2) is 59.8 Å². The van der Waals surface area contributed by atoms with E-state index in [2.05, 4.69) is 36.8 Å². The van der Waals surface area contributed by atoms with Crippen molar-refractivity contribution >= 4 is 48.8 Å². The van der Waals surface area contributed by atoms with Crippen LogP contribution in [0.5, 0.6) is 5.19 Å². The van der Waals surface area contributed by atoms with Gasteiger partial charge in [0.05, 0.1) is 11.2 Å². The second-order valence-corrected chi connectivity index (χ2v) is 12.1. The van der Waals surface area contributed by atoms with Crippen molar-refractivity contribution in [3.63, 3.8) is 0 Å². The molecule has 0 aliphatic carbocycles. The smallest absolute Gasteiger partial charge is 0.276 e. The zero-order valence-electron chi connectivity index (χ0n) is 21.1. The van der Waals surface area contributed by atoms with Gasteiger partial charge in [0.2, 0.25) is 5.95 Å². The third kappa shape index (κ3) is 6.01. The Hall–Kier alpha value is -2.86. The molecule has 1 fully saturated rings. The Morgan fingerprint density at radius 3 is 2.68 bits per heavy atom. The molecule has 2 aliphatic heterocycles. The molecule has 37 heavy (non-hydrogen) atoms. The minimum Gasteiger partial charge on any atom is -0.467 e. The largest absolute Gasteiger partial charge is 0.467 e. The Bertz CT molecular complexity index is 1330. The highest BCUT2D eigenvalue weighted by Gasteiger charge is 2.24. The number of aryl methyl sites for hydroxylation is 1. The third-order valence-corrected chi connectivity index (χ3v) is 8.94. The van der Waals surface area contributed by atoms with E-state index in [0.717, 1.165) is 60.6 Å². The van der Waals surface area contributed by atoms with Crippen molar-refractivity contribution in [2.75, 3.05) is 24.5 Å². The summed E-state index contributed by atoms with van der Waals surface area (Å²) in [5.41, 5.74) is 3.75. The molecule has 0 atom stereocenters. The van der Waals surface area contributed by atoms with Crippen LogP contribution >= 0.6 is 21.9 Å². The minimum atomic E-state index is -2.99. The molecule has 0 unspecified atom stereocenters. The van der Waals surface area contributed by atoms with Gasteiger partial charge in [-0.2, -0.15) is 4.98 Å². The van der Waals surface area contributed by atoms with Crippen LogP contribution in [0.15, 0.2) is 47.2 Å². The molecule has 0 saturated carbocycles. The number of dihydropyridines is 1. The standard InChI is InChI=1S/C26H32N6O3S2/c1-3-5-18-15-29-25(30-16-18)32-10-7-21(8-11-32)35-26-31-24-22(36-26)13-20(17-28-24)19-6-9-27-23(14-19)37(33,34)12-4-2/h4,6,12-13,15-17,21,33-34H,3,5,7-11,14H2,1-2H3. The average Bonchev–Trinajstić information content (AvgIpc) is 3.31. The molecule has 3 aromatic rings. The maximum atomic E-state index is 10.4. The fourth-order valence-electron chi connectivity index (χ4n) is 4.51. The molecule has 2 N–H and O–H groups in total. The molecule has 5 heterocycles. The lowest BCUT2D eigenvalue weighted by Gasteiger charge is -2.31.